The van der Waals surface area contributed by atoms with Crippen LogP contribution in [-0.2, 0) is 6.42 Å². The van der Waals surface area contributed by atoms with E-state index >= 15 is 0 Å². The quantitative estimate of drug-likeness (QED) is 0.899. The summed E-state index contributed by atoms with van der Waals surface area (Å²) in [4.78, 5) is 4.33. The summed E-state index contributed by atoms with van der Waals surface area (Å²) >= 11 is 5.96. The summed E-state index contributed by atoms with van der Waals surface area (Å²) in [5.41, 5.74) is 8.29. The zero-order chi connectivity index (χ0) is 12.3. The minimum atomic E-state index is 0.223. The first kappa shape index (κ1) is 12.3. The fraction of sp³-hybridized carbons (Fsp3) is 0.357. The summed E-state index contributed by atoms with van der Waals surface area (Å²) < 4.78 is 0. The van der Waals surface area contributed by atoms with E-state index in [1.165, 1.54) is 5.56 Å². The van der Waals surface area contributed by atoms with Crippen molar-refractivity contribution in [2.45, 2.75) is 32.2 Å². The zero-order valence-corrected chi connectivity index (χ0v) is 10.7. The molecule has 3 heteroatoms. The molecule has 0 amide bonds. The first-order valence-corrected chi connectivity index (χ1v) is 6.37. The van der Waals surface area contributed by atoms with Gasteiger partial charge in [-0.05, 0) is 36.6 Å². The summed E-state index contributed by atoms with van der Waals surface area (Å²) in [6, 6.07) is 8.10. The van der Waals surface area contributed by atoms with Gasteiger partial charge in [0.05, 0.1) is 5.52 Å². The highest BCUT2D eigenvalue weighted by Crippen LogP contribution is 2.21. The molecule has 0 fully saturated rings. The van der Waals surface area contributed by atoms with Crippen LogP contribution >= 0.6 is 11.6 Å². The Kier molecular flexibility index (Phi) is 3.97. The second-order valence-corrected chi connectivity index (χ2v) is 4.82. The van der Waals surface area contributed by atoms with Crippen molar-refractivity contribution in [1.82, 2.24) is 4.98 Å². The highest BCUT2D eigenvalue weighted by Gasteiger charge is 2.07. The van der Waals surface area contributed by atoms with Crippen LogP contribution < -0.4 is 5.73 Å². The van der Waals surface area contributed by atoms with Crippen molar-refractivity contribution < 1.29 is 0 Å². The zero-order valence-electron chi connectivity index (χ0n) is 9.99. The summed E-state index contributed by atoms with van der Waals surface area (Å²) in [5, 5.41) is 1.88. The number of hydrogen-bond acceptors (Lipinski definition) is 2. The van der Waals surface area contributed by atoms with Crippen LogP contribution in [0, 0.1) is 0 Å². The third kappa shape index (κ3) is 2.96. The molecule has 2 aromatic rings. The SMILES string of the molecule is CCCC(N)Cc1ccnc2cc(Cl)ccc12. The molecule has 1 unspecified atom stereocenters. The summed E-state index contributed by atoms with van der Waals surface area (Å²) in [5.74, 6) is 0. The minimum Gasteiger partial charge on any atom is -0.327 e. The lowest BCUT2D eigenvalue weighted by Crippen LogP contribution is -2.22. The van der Waals surface area contributed by atoms with Crippen LogP contribution in [0.3, 0.4) is 0 Å². The average molecular weight is 249 g/mol. The third-order valence-electron chi connectivity index (χ3n) is 2.94. The lowest BCUT2D eigenvalue weighted by atomic mass is 10.00. The Morgan fingerprint density at radius 2 is 2.18 bits per heavy atom. The largest absolute Gasteiger partial charge is 0.327 e. The molecule has 1 aromatic carbocycles. The van der Waals surface area contributed by atoms with E-state index in [1.807, 2.05) is 30.5 Å². The van der Waals surface area contributed by atoms with E-state index in [0.29, 0.717) is 0 Å². The Labute approximate surface area is 107 Å². The number of pyridine rings is 1. The van der Waals surface area contributed by atoms with Crippen LogP contribution in [0.4, 0.5) is 0 Å². The van der Waals surface area contributed by atoms with E-state index in [4.69, 9.17) is 17.3 Å². The van der Waals surface area contributed by atoms with Gasteiger partial charge < -0.3 is 5.73 Å². The van der Waals surface area contributed by atoms with E-state index in [1.54, 1.807) is 0 Å². The number of benzene rings is 1. The molecule has 0 saturated carbocycles. The van der Waals surface area contributed by atoms with Crippen molar-refractivity contribution in [3.63, 3.8) is 0 Å². The van der Waals surface area contributed by atoms with Crippen molar-refractivity contribution in [2.24, 2.45) is 5.73 Å². The van der Waals surface area contributed by atoms with E-state index in [9.17, 15) is 0 Å². The number of nitrogens with zero attached hydrogens (tertiary/aromatic N) is 1. The van der Waals surface area contributed by atoms with Crippen LogP contribution in [0.25, 0.3) is 10.9 Å². The molecular weight excluding hydrogens is 232 g/mol. The molecule has 90 valence electrons. The second kappa shape index (κ2) is 5.48. The molecule has 2 rings (SSSR count). The lowest BCUT2D eigenvalue weighted by molar-refractivity contribution is 0.602. The molecule has 2 N–H and O–H groups in total. The summed E-state index contributed by atoms with van der Waals surface area (Å²) in [7, 11) is 0. The number of aromatic nitrogens is 1. The average Bonchev–Trinajstić information content (AvgIpc) is 2.29. The summed E-state index contributed by atoms with van der Waals surface area (Å²) in [6.45, 7) is 2.16. The normalized spacial score (nSPS) is 12.9. The third-order valence-corrected chi connectivity index (χ3v) is 3.17. The molecule has 1 heterocycles. The fourth-order valence-corrected chi connectivity index (χ4v) is 2.28. The standard InChI is InChI=1S/C14H17ClN2/c1-2-3-12(16)8-10-6-7-17-14-9-11(15)4-5-13(10)14/h4-7,9,12H,2-3,8,16H2,1H3. The van der Waals surface area contributed by atoms with E-state index in [2.05, 4.69) is 11.9 Å². The molecule has 0 spiro atoms. The highest BCUT2D eigenvalue weighted by molar-refractivity contribution is 6.31. The molecule has 0 aliphatic carbocycles. The van der Waals surface area contributed by atoms with Crippen molar-refractivity contribution in [3.05, 3.63) is 41.0 Å². The Morgan fingerprint density at radius 3 is 2.94 bits per heavy atom. The molecule has 17 heavy (non-hydrogen) atoms. The van der Waals surface area contributed by atoms with Crippen LogP contribution in [-0.4, -0.2) is 11.0 Å². The molecule has 0 aliphatic rings. The van der Waals surface area contributed by atoms with Gasteiger partial charge in [0.1, 0.15) is 0 Å². The number of fused-ring (bicyclic) bond motifs is 1. The van der Waals surface area contributed by atoms with Crippen molar-refractivity contribution >= 4 is 22.5 Å². The Balaban J connectivity index is 2.34. The smallest absolute Gasteiger partial charge is 0.0719 e. The van der Waals surface area contributed by atoms with Crippen molar-refractivity contribution in [1.29, 1.82) is 0 Å². The highest BCUT2D eigenvalue weighted by atomic mass is 35.5. The van der Waals surface area contributed by atoms with Gasteiger partial charge in [0.25, 0.3) is 0 Å². The predicted octanol–water partition coefficient (Wildman–Crippen LogP) is 3.56. The van der Waals surface area contributed by atoms with Crippen LogP contribution in [0.2, 0.25) is 5.02 Å². The van der Waals surface area contributed by atoms with Gasteiger partial charge in [0.15, 0.2) is 0 Å². The van der Waals surface area contributed by atoms with E-state index in [-0.39, 0.29) is 6.04 Å². The Bertz CT molecular complexity index is 511. The van der Waals surface area contributed by atoms with Gasteiger partial charge in [-0.2, -0.15) is 0 Å². The lowest BCUT2D eigenvalue weighted by Gasteiger charge is -2.12. The van der Waals surface area contributed by atoms with E-state index in [0.717, 1.165) is 35.2 Å². The van der Waals surface area contributed by atoms with Gasteiger partial charge in [0.2, 0.25) is 0 Å². The molecule has 1 atom stereocenters. The molecule has 0 saturated heterocycles. The monoisotopic (exact) mass is 248 g/mol. The van der Waals surface area contributed by atoms with Gasteiger partial charge in [-0.15, -0.1) is 0 Å². The first-order chi connectivity index (χ1) is 8.20. The summed E-state index contributed by atoms with van der Waals surface area (Å²) in [6.07, 6.45) is 4.90. The molecule has 0 radical (unpaired) electrons. The van der Waals surface area contributed by atoms with Crippen LogP contribution in [0.1, 0.15) is 25.3 Å². The Morgan fingerprint density at radius 1 is 1.35 bits per heavy atom. The number of hydrogen-bond donors (Lipinski definition) is 1. The second-order valence-electron chi connectivity index (χ2n) is 4.38. The topological polar surface area (TPSA) is 38.9 Å². The molecule has 0 bridgehead atoms. The Hall–Kier alpha value is -1.12. The molecular formula is C14H17ClN2. The number of halogens is 1. The number of nitrogens with two attached hydrogens (primary N) is 1. The minimum absolute atomic E-state index is 0.223. The van der Waals surface area contributed by atoms with Crippen LogP contribution in [0.15, 0.2) is 30.5 Å². The first-order valence-electron chi connectivity index (χ1n) is 5.99. The molecule has 0 aliphatic heterocycles. The maximum Gasteiger partial charge on any atom is 0.0719 e. The van der Waals surface area contributed by atoms with Gasteiger partial charge in [-0.3, -0.25) is 4.98 Å². The number of rotatable bonds is 4. The fourth-order valence-electron chi connectivity index (χ4n) is 2.11. The maximum atomic E-state index is 6.09. The van der Waals surface area contributed by atoms with Gasteiger partial charge in [-0.1, -0.05) is 31.0 Å². The van der Waals surface area contributed by atoms with Gasteiger partial charge in [-0.25, -0.2) is 0 Å². The van der Waals surface area contributed by atoms with E-state index < -0.39 is 0 Å². The maximum absolute atomic E-state index is 6.09. The van der Waals surface area contributed by atoms with Crippen molar-refractivity contribution in [2.75, 3.05) is 0 Å². The van der Waals surface area contributed by atoms with Crippen LogP contribution in [0.5, 0.6) is 0 Å². The molecule has 1 aromatic heterocycles. The van der Waals surface area contributed by atoms with Crippen molar-refractivity contribution in [3.8, 4) is 0 Å². The predicted molar refractivity (Wildman–Crippen MR) is 73.3 cm³/mol. The molecule has 2 nitrogen and oxygen atoms in total. The van der Waals surface area contributed by atoms with Gasteiger partial charge >= 0.3 is 0 Å². The van der Waals surface area contributed by atoms with Gasteiger partial charge in [0, 0.05) is 22.6 Å².